The largest absolute Gasteiger partial charge is 0.328 e. The van der Waals surface area contributed by atoms with Gasteiger partial charge in [0, 0.05) is 10.2 Å². The average Bonchev–Trinajstić information content (AvgIpc) is 2.41. The van der Waals surface area contributed by atoms with Crippen LogP contribution >= 0.6 is 15.9 Å². The molecule has 1 aliphatic heterocycles. The Morgan fingerprint density at radius 3 is 2.47 bits per heavy atom. The summed E-state index contributed by atoms with van der Waals surface area (Å²) < 4.78 is 1.02. The van der Waals surface area contributed by atoms with Crippen molar-refractivity contribution in [2.75, 3.05) is 45.1 Å². The van der Waals surface area contributed by atoms with Crippen molar-refractivity contribution in [2.45, 2.75) is 6.42 Å². The van der Waals surface area contributed by atoms with Crippen LogP contribution in [0.3, 0.4) is 0 Å². The Kier molecular flexibility index (Phi) is 5.36. The number of anilines is 1. The highest BCUT2D eigenvalue weighted by Crippen LogP contribution is 2.13. The molecule has 0 aliphatic carbocycles. The molecule has 1 amide bonds. The van der Waals surface area contributed by atoms with Gasteiger partial charge >= 0.3 is 0 Å². The number of quaternary nitrogens is 2. The zero-order valence-corrected chi connectivity index (χ0v) is 12.9. The van der Waals surface area contributed by atoms with Crippen LogP contribution in [0.2, 0.25) is 0 Å². The number of rotatable bonds is 4. The first-order valence-electron chi connectivity index (χ1n) is 6.84. The number of carbonyl (C=O) groups is 1. The van der Waals surface area contributed by atoms with Crippen LogP contribution in [0.25, 0.3) is 0 Å². The molecule has 3 N–H and O–H groups in total. The third-order valence-electron chi connectivity index (χ3n) is 3.64. The van der Waals surface area contributed by atoms with Gasteiger partial charge in [0.15, 0.2) is 0 Å². The monoisotopic (exact) mass is 327 g/mol. The van der Waals surface area contributed by atoms with Crippen molar-refractivity contribution < 1.29 is 14.6 Å². The highest BCUT2D eigenvalue weighted by molar-refractivity contribution is 9.10. The third-order valence-corrected chi connectivity index (χ3v) is 4.17. The van der Waals surface area contributed by atoms with Crippen LogP contribution in [-0.2, 0) is 4.79 Å². The van der Waals surface area contributed by atoms with Gasteiger partial charge in [-0.15, -0.1) is 0 Å². The van der Waals surface area contributed by atoms with Crippen molar-refractivity contribution in [1.29, 1.82) is 0 Å². The lowest BCUT2D eigenvalue weighted by Crippen LogP contribution is -3.27. The SMILES string of the molecule is C[NH+]1CC[NH+](CCC(=O)Nc2ccc(Br)cc2)CC1. The Morgan fingerprint density at radius 1 is 1.21 bits per heavy atom. The van der Waals surface area contributed by atoms with E-state index < -0.39 is 0 Å². The van der Waals surface area contributed by atoms with E-state index in [4.69, 9.17) is 0 Å². The first-order chi connectivity index (χ1) is 9.13. The van der Waals surface area contributed by atoms with Crippen LogP contribution in [0.15, 0.2) is 28.7 Å². The van der Waals surface area contributed by atoms with Crippen molar-refractivity contribution in [1.82, 2.24) is 0 Å². The highest BCUT2D eigenvalue weighted by Gasteiger charge is 2.20. The van der Waals surface area contributed by atoms with Crippen molar-refractivity contribution >= 4 is 27.5 Å². The maximum atomic E-state index is 11.9. The number of likely N-dealkylation sites (N-methyl/N-ethyl adjacent to an activating group) is 1. The number of nitrogens with one attached hydrogen (secondary N) is 3. The molecular formula is C14H22BrN3O+2. The lowest BCUT2D eigenvalue weighted by Gasteiger charge is -2.27. The molecule has 1 aliphatic rings. The first-order valence-corrected chi connectivity index (χ1v) is 7.63. The van der Waals surface area contributed by atoms with E-state index in [2.05, 4.69) is 28.3 Å². The van der Waals surface area contributed by atoms with Crippen molar-refractivity contribution in [3.63, 3.8) is 0 Å². The molecule has 0 radical (unpaired) electrons. The lowest BCUT2D eigenvalue weighted by molar-refractivity contribution is -1.00. The summed E-state index contributed by atoms with van der Waals surface area (Å²) in [5.41, 5.74) is 0.867. The van der Waals surface area contributed by atoms with Gasteiger partial charge in [-0.3, -0.25) is 4.79 Å². The average molecular weight is 328 g/mol. The molecule has 0 saturated carbocycles. The van der Waals surface area contributed by atoms with Crippen LogP contribution in [0.4, 0.5) is 5.69 Å². The van der Waals surface area contributed by atoms with Crippen LogP contribution in [0.5, 0.6) is 0 Å². The summed E-state index contributed by atoms with van der Waals surface area (Å²) in [5.74, 6) is 0.112. The summed E-state index contributed by atoms with van der Waals surface area (Å²) >= 11 is 3.38. The molecule has 1 aromatic rings. The van der Waals surface area contributed by atoms with E-state index >= 15 is 0 Å². The van der Waals surface area contributed by atoms with Gasteiger partial charge in [0.05, 0.1) is 20.0 Å². The molecule has 0 bridgehead atoms. The van der Waals surface area contributed by atoms with E-state index in [1.165, 1.54) is 26.2 Å². The van der Waals surface area contributed by atoms with Gasteiger partial charge in [0.2, 0.25) is 5.91 Å². The Labute approximate surface area is 122 Å². The molecule has 2 rings (SSSR count). The zero-order chi connectivity index (χ0) is 13.7. The Bertz CT molecular complexity index is 413. The number of carbonyl (C=O) groups excluding carboxylic acids is 1. The van der Waals surface area contributed by atoms with Crippen LogP contribution < -0.4 is 15.1 Å². The van der Waals surface area contributed by atoms with Gasteiger partial charge in [-0.1, -0.05) is 15.9 Å². The second-order valence-electron chi connectivity index (χ2n) is 5.26. The summed E-state index contributed by atoms with van der Waals surface area (Å²) in [6.07, 6.45) is 0.602. The van der Waals surface area contributed by atoms with Crippen LogP contribution in [0, 0.1) is 0 Å². The van der Waals surface area contributed by atoms with Crippen molar-refractivity contribution in [2.24, 2.45) is 0 Å². The van der Waals surface area contributed by atoms with Gasteiger partial charge in [-0.2, -0.15) is 0 Å². The normalized spacial score (nSPS) is 23.1. The maximum absolute atomic E-state index is 11.9. The first kappa shape index (κ1) is 14.5. The van der Waals surface area contributed by atoms with E-state index in [0.717, 1.165) is 16.7 Å². The number of amides is 1. The fraction of sp³-hybridized carbons (Fsp3) is 0.500. The van der Waals surface area contributed by atoms with Crippen LogP contribution in [0.1, 0.15) is 6.42 Å². The fourth-order valence-electron chi connectivity index (χ4n) is 2.33. The van der Waals surface area contributed by atoms with E-state index in [0.29, 0.717) is 6.42 Å². The van der Waals surface area contributed by atoms with E-state index in [1.807, 2.05) is 24.3 Å². The molecule has 19 heavy (non-hydrogen) atoms. The van der Waals surface area contributed by atoms with E-state index in [9.17, 15) is 4.79 Å². The molecule has 1 saturated heterocycles. The molecule has 0 unspecified atom stereocenters. The highest BCUT2D eigenvalue weighted by atomic mass is 79.9. The van der Waals surface area contributed by atoms with Gasteiger partial charge < -0.3 is 15.1 Å². The summed E-state index contributed by atoms with van der Waals surface area (Å²) in [6, 6.07) is 7.69. The summed E-state index contributed by atoms with van der Waals surface area (Å²) in [5, 5.41) is 2.94. The molecular weight excluding hydrogens is 306 g/mol. The molecule has 0 atom stereocenters. The number of piperazine rings is 1. The quantitative estimate of drug-likeness (QED) is 0.665. The maximum Gasteiger partial charge on any atom is 0.230 e. The summed E-state index contributed by atoms with van der Waals surface area (Å²) in [4.78, 5) is 15.0. The van der Waals surface area contributed by atoms with Crippen LogP contribution in [-0.4, -0.2) is 45.7 Å². The second-order valence-corrected chi connectivity index (χ2v) is 6.18. The number of halogens is 1. The molecule has 1 fully saturated rings. The molecule has 0 spiro atoms. The van der Waals surface area contributed by atoms with Gasteiger partial charge in [0.25, 0.3) is 0 Å². The third kappa shape index (κ3) is 4.93. The van der Waals surface area contributed by atoms with Crippen molar-refractivity contribution in [3.05, 3.63) is 28.7 Å². The summed E-state index contributed by atoms with van der Waals surface area (Å²) in [6.45, 7) is 5.72. The second kappa shape index (κ2) is 7.03. The number of hydrogen-bond acceptors (Lipinski definition) is 1. The molecule has 104 valence electrons. The Balaban J connectivity index is 1.71. The topological polar surface area (TPSA) is 38.0 Å². The molecule has 4 nitrogen and oxygen atoms in total. The lowest BCUT2D eigenvalue weighted by atomic mass is 10.2. The Morgan fingerprint density at radius 2 is 1.84 bits per heavy atom. The Hall–Kier alpha value is -0.910. The predicted molar refractivity (Wildman–Crippen MR) is 79.6 cm³/mol. The molecule has 0 aromatic heterocycles. The molecule has 1 heterocycles. The minimum Gasteiger partial charge on any atom is -0.328 e. The number of hydrogen-bond donors (Lipinski definition) is 3. The zero-order valence-electron chi connectivity index (χ0n) is 11.3. The smallest absolute Gasteiger partial charge is 0.230 e. The van der Waals surface area contributed by atoms with E-state index in [1.54, 1.807) is 9.80 Å². The summed E-state index contributed by atoms with van der Waals surface area (Å²) in [7, 11) is 2.23. The molecule has 5 heteroatoms. The van der Waals surface area contributed by atoms with E-state index in [-0.39, 0.29) is 5.91 Å². The van der Waals surface area contributed by atoms with Crippen molar-refractivity contribution in [3.8, 4) is 0 Å². The standard InChI is InChI=1S/C14H20BrN3O/c1-17-8-10-18(11-9-17)7-6-14(19)16-13-4-2-12(15)3-5-13/h2-5H,6-11H2,1H3,(H,16,19)/p+2. The minimum atomic E-state index is 0.112. The number of benzene rings is 1. The van der Waals surface area contributed by atoms with Gasteiger partial charge in [-0.05, 0) is 24.3 Å². The molecule has 1 aromatic carbocycles. The van der Waals surface area contributed by atoms with Gasteiger partial charge in [-0.25, -0.2) is 0 Å². The minimum absolute atomic E-state index is 0.112. The van der Waals surface area contributed by atoms with Gasteiger partial charge in [0.1, 0.15) is 26.2 Å². The predicted octanol–water partition coefficient (Wildman–Crippen LogP) is -0.809. The fourth-order valence-corrected chi connectivity index (χ4v) is 2.59.